The summed E-state index contributed by atoms with van der Waals surface area (Å²) in [5, 5.41) is 14.9. The molecule has 8 nitrogen and oxygen atoms in total. The van der Waals surface area contributed by atoms with Crippen molar-refractivity contribution in [2.24, 2.45) is 0 Å². The van der Waals surface area contributed by atoms with E-state index in [9.17, 15) is 14.4 Å². The molecular weight excluding hydrogens is 434 g/mol. The molecule has 2 atom stereocenters. The molecule has 1 aliphatic heterocycles. The number of rotatable bonds is 10. The van der Waals surface area contributed by atoms with Crippen molar-refractivity contribution in [2.45, 2.75) is 31.3 Å². The van der Waals surface area contributed by atoms with Gasteiger partial charge in [0.1, 0.15) is 6.04 Å². The first kappa shape index (κ1) is 25.0. The van der Waals surface area contributed by atoms with Gasteiger partial charge in [-0.05, 0) is 24.0 Å². The van der Waals surface area contributed by atoms with Crippen LogP contribution in [0.25, 0.3) is 0 Å². The summed E-state index contributed by atoms with van der Waals surface area (Å²) in [5.74, 6) is -1.45. The molecule has 0 aromatic heterocycles. The molecule has 1 fully saturated rings. The number of carboxylic acid groups (broad SMARTS) is 1. The van der Waals surface area contributed by atoms with Gasteiger partial charge in [-0.3, -0.25) is 4.79 Å². The molecule has 2 aromatic rings. The molecular formula is C26H31N3O5. The average molecular weight is 466 g/mol. The third kappa shape index (κ3) is 8.37. The highest BCUT2D eigenvalue weighted by Gasteiger charge is 2.26. The van der Waals surface area contributed by atoms with Crippen LogP contribution in [0.1, 0.15) is 17.5 Å². The lowest BCUT2D eigenvalue weighted by molar-refractivity contribution is -0.131. The van der Waals surface area contributed by atoms with Gasteiger partial charge in [0.2, 0.25) is 5.91 Å². The fraction of sp³-hybridized carbons (Fsp3) is 0.346. The predicted molar refractivity (Wildman–Crippen MR) is 128 cm³/mol. The van der Waals surface area contributed by atoms with E-state index in [0.717, 1.165) is 17.2 Å². The number of nitrogens with one attached hydrogen (secondary N) is 2. The first-order valence-electron chi connectivity index (χ1n) is 11.4. The Morgan fingerprint density at radius 2 is 1.56 bits per heavy atom. The van der Waals surface area contributed by atoms with Crippen molar-refractivity contribution in [3.63, 3.8) is 0 Å². The van der Waals surface area contributed by atoms with Crippen LogP contribution in [0.3, 0.4) is 0 Å². The third-order valence-corrected chi connectivity index (χ3v) is 5.58. The number of morpholine rings is 1. The standard InChI is InChI=1S/C26H31N3O5/c30-24(31)14-13-22(12-11-20-7-3-1-4-8-20)27-25(32)23(19-21-9-5-2-6-10-21)28-26(33)29-15-17-34-18-16-29/h1-10,13-14,22-23H,11-12,15-19H2,(H,27,32)(H,28,33)(H,30,31)/t22-,23-/m0/s1. The molecule has 2 aromatic carbocycles. The third-order valence-electron chi connectivity index (χ3n) is 5.58. The normalized spacial score (nSPS) is 15.5. The predicted octanol–water partition coefficient (Wildman–Crippen LogP) is 2.40. The van der Waals surface area contributed by atoms with Crippen LogP contribution in [0.2, 0.25) is 0 Å². The van der Waals surface area contributed by atoms with E-state index in [2.05, 4.69) is 10.6 Å². The van der Waals surface area contributed by atoms with Gasteiger partial charge in [-0.25, -0.2) is 9.59 Å². The van der Waals surface area contributed by atoms with E-state index in [4.69, 9.17) is 9.84 Å². The number of carbonyl (C=O) groups excluding carboxylic acids is 2. The van der Waals surface area contributed by atoms with Crippen molar-refractivity contribution < 1.29 is 24.2 Å². The van der Waals surface area contributed by atoms with Crippen molar-refractivity contribution in [3.8, 4) is 0 Å². The number of hydrogen-bond donors (Lipinski definition) is 3. The Balaban J connectivity index is 1.71. The summed E-state index contributed by atoms with van der Waals surface area (Å²) < 4.78 is 5.30. The Labute approximate surface area is 199 Å². The minimum atomic E-state index is -1.08. The minimum Gasteiger partial charge on any atom is -0.478 e. The van der Waals surface area contributed by atoms with Gasteiger partial charge in [-0.1, -0.05) is 66.7 Å². The zero-order valence-corrected chi connectivity index (χ0v) is 19.1. The van der Waals surface area contributed by atoms with Crippen molar-refractivity contribution in [1.29, 1.82) is 0 Å². The molecule has 34 heavy (non-hydrogen) atoms. The molecule has 3 N–H and O–H groups in total. The van der Waals surface area contributed by atoms with Crippen LogP contribution in [-0.4, -0.2) is 66.3 Å². The SMILES string of the molecule is O=C(O)C=C[C@H](CCc1ccccc1)NC(=O)[C@H](Cc1ccccc1)NC(=O)N1CCOCC1. The molecule has 1 heterocycles. The summed E-state index contributed by atoms with van der Waals surface area (Å²) in [6.45, 7) is 1.86. The summed E-state index contributed by atoms with van der Waals surface area (Å²) in [6, 6.07) is 17.6. The van der Waals surface area contributed by atoms with E-state index in [1.54, 1.807) is 4.90 Å². The molecule has 3 rings (SSSR count). The summed E-state index contributed by atoms with van der Waals surface area (Å²) in [5.41, 5.74) is 2.00. The molecule has 0 saturated carbocycles. The Hall–Kier alpha value is -3.65. The van der Waals surface area contributed by atoms with E-state index in [0.29, 0.717) is 45.6 Å². The van der Waals surface area contributed by atoms with Crippen LogP contribution in [0.5, 0.6) is 0 Å². The van der Waals surface area contributed by atoms with E-state index in [-0.39, 0.29) is 11.9 Å². The highest BCUT2D eigenvalue weighted by atomic mass is 16.5. The molecule has 3 amide bonds. The average Bonchev–Trinajstić information content (AvgIpc) is 2.86. The Morgan fingerprint density at radius 3 is 2.18 bits per heavy atom. The first-order valence-corrected chi connectivity index (χ1v) is 11.4. The molecule has 0 spiro atoms. The smallest absolute Gasteiger partial charge is 0.328 e. The number of amides is 3. The topological polar surface area (TPSA) is 108 Å². The number of aliphatic carboxylic acids is 1. The number of carbonyl (C=O) groups is 3. The monoisotopic (exact) mass is 465 g/mol. The zero-order chi connectivity index (χ0) is 24.2. The maximum Gasteiger partial charge on any atom is 0.328 e. The molecule has 8 heteroatoms. The quantitative estimate of drug-likeness (QED) is 0.467. The van der Waals surface area contributed by atoms with Gasteiger partial charge in [-0.2, -0.15) is 0 Å². The van der Waals surface area contributed by atoms with E-state index < -0.39 is 18.1 Å². The van der Waals surface area contributed by atoms with Gasteiger partial charge in [0.15, 0.2) is 0 Å². The highest BCUT2D eigenvalue weighted by Crippen LogP contribution is 2.09. The molecule has 180 valence electrons. The van der Waals surface area contributed by atoms with E-state index in [1.165, 1.54) is 6.08 Å². The van der Waals surface area contributed by atoms with Crippen molar-refractivity contribution in [3.05, 3.63) is 83.9 Å². The number of aryl methyl sites for hydroxylation is 1. The van der Waals surface area contributed by atoms with Crippen LogP contribution in [0, 0.1) is 0 Å². The van der Waals surface area contributed by atoms with Gasteiger partial charge < -0.3 is 25.4 Å². The van der Waals surface area contributed by atoms with Crippen LogP contribution in [-0.2, 0) is 27.2 Å². The number of nitrogens with zero attached hydrogens (tertiary/aromatic N) is 1. The Bertz CT molecular complexity index is 959. The van der Waals surface area contributed by atoms with Gasteiger partial charge in [0.25, 0.3) is 0 Å². The van der Waals surface area contributed by atoms with Gasteiger partial charge in [0, 0.05) is 31.6 Å². The van der Waals surface area contributed by atoms with E-state index >= 15 is 0 Å². The molecule has 0 aliphatic carbocycles. The van der Waals surface area contributed by atoms with Gasteiger partial charge >= 0.3 is 12.0 Å². The van der Waals surface area contributed by atoms with Crippen molar-refractivity contribution in [1.82, 2.24) is 15.5 Å². The van der Waals surface area contributed by atoms with Crippen LogP contribution < -0.4 is 10.6 Å². The number of hydrogen-bond acceptors (Lipinski definition) is 4. The molecule has 0 unspecified atom stereocenters. The lowest BCUT2D eigenvalue weighted by Crippen LogP contribution is -2.55. The minimum absolute atomic E-state index is 0.316. The van der Waals surface area contributed by atoms with Crippen LogP contribution >= 0.6 is 0 Å². The van der Waals surface area contributed by atoms with Crippen molar-refractivity contribution in [2.75, 3.05) is 26.3 Å². The maximum atomic E-state index is 13.3. The lowest BCUT2D eigenvalue weighted by Gasteiger charge is -2.29. The summed E-state index contributed by atoms with van der Waals surface area (Å²) in [7, 11) is 0. The largest absolute Gasteiger partial charge is 0.478 e. The van der Waals surface area contributed by atoms with Crippen LogP contribution in [0.4, 0.5) is 4.79 Å². The fourth-order valence-corrected chi connectivity index (χ4v) is 3.73. The van der Waals surface area contributed by atoms with E-state index in [1.807, 2.05) is 60.7 Å². The molecule has 1 saturated heterocycles. The molecule has 0 bridgehead atoms. The number of benzene rings is 2. The summed E-state index contributed by atoms with van der Waals surface area (Å²) >= 11 is 0. The van der Waals surface area contributed by atoms with Crippen LogP contribution in [0.15, 0.2) is 72.8 Å². The Kier molecular flexibility index (Phi) is 9.66. The zero-order valence-electron chi connectivity index (χ0n) is 19.1. The second-order valence-corrected chi connectivity index (χ2v) is 8.13. The lowest BCUT2D eigenvalue weighted by atomic mass is 10.0. The maximum absolute atomic E-state index is 13.3. The first-order chi connectivity index (χ1) is 16.5. The number of carboxylic acids is 1. The Morgan fingerprint density at radius 1 is 0.941 bits per heavy atom. The summed E-state index contributed by atoms with van der Waals surface area (Å²) in [6.07, 6.45) is 4.02. The van der Waals surface area contributed by atoms with Gasteiger partial charge in [0.05, 0.1) is 13.2 Å². The highest BCUT2D eigenvalue weighted by molar-refractivity contribution is 5.88. The second kappa shape index (κ2) is 13.2. The second-order valence-electron chi connectivity index (χ2n) is 8.13. The van der Waals surface area contributed by atoms with Gasteiger partial charge in [-0.15, -0.1) is 0 Å². The molecule has 1 aliphatic rings. The van der Waals surface area contributed by atoms with Crippen molar-refractivity contribution >= 4 is 17.9 Å². The number of urea groups is 1. The fourth-order valence-electron chi connectivity index (χ4n) is 3.73. The molecule has 0 radical (unpaired) electrons. The summed E-state index contributed by atoms with van der Waals surface area (Å²) in [4.78, 5) is 38.8. The number of ether oxygens (including phenoxy) is 1.